The summed E-state index contributed by atoms with van der Waals surface area (Å²) in [4.78, 5) is 16.7. The zero-order valence-electron chi connectivity index (χ0n) is 14.0. The van der Waals surface area contributed by atoms with Crippen molar-refractivity contribution in [3.8, 4) is 0 Å². The Morgan fingerprint density at radius 2 is 1.73 bits per heavy atom. The molecule has 1 N–H and O–H groups in total. The van der Waals surface area contributed by atoms with Crippen LogP contribution in [0.1, 0.15) is 6.42 Å². The van der Waals surface area contributed by atoms with E-state index >= 15 is 0 Å². The van der Waals surface area contributed by atoms with Gasteiger partial charge in [-0.15, -0.1) is 0 Å². The molecule has 2 aliphatic heterocycles. The molecule has 0 aromatic heterocycles. The van der Waals surface area contributed by atoms with Gasteiger partial charge in [-0.2, -0.15) is 0 Å². The van der Waals surface area contributed by atoms with Gasteiger partial charge >= 0.3 is 0 Å². The molecule has 0 aliphatic carbocycles. The fourth-order valence-corrected chi connectivity index (χ4v) is 6.49. The molecule has 6 nitrogen and oxygen atoms in total. The van der Waals surface area contributed by atoms with E-state index in [1.54, 1.807) is 0 Å². The quantitative estimate of drug-likeness (QED) is 0.697. The topological polar surface area (TPSA) is 69.7 Å². The summed E-state index contributed by atoms with van der Waals surface area (Å²) in [6.45, 7) is 11.4. The maximum Gasteiger partial charge on any atom is 0.234 e. The van der Waals surface area contributed by atoms with Gasteiger partial charge in [0.1, 0.15) is 0 Å². The Hall–Kier alpha value is -0.443. The third kappa shape index (κ3) is 5.98. The van der Waals surface area contributed by atoms with Crippen LogP contribution in [0.25, 0.3) is 0 Å². The van der Waals surface area contributed by atoms with Crippen molar-refractivity contribution >= 4 is 23.8 Å². The highest BCUT2D eigenvalue weighted by molar-refractivity contribution is 7.91. The van der Waals surface area contributed by atoms with E-state index in [9.17, 15) is 13.2 Å². The van der Waals surface area contributed by atoms with E-state index in [-0.39, 0.29) is 23.5 Å². The van der Waals surface area contributed by atoms with Crippen LogP contribution in [-0.4, -0.2) is 88.6 Å². The molecule has 1 atom stereocenters. The Labute approximate surface area is 135 Å². The van der Waals surface area contributed by atoms with E-state index < -0.39 is 17.9 Å². The van der Waals surface area contributed by atoms with Gasteiger partial charge in [0.15, 0.2) is 9.84 Å². The van der Waals surface area contributed by atoms with E-state index in [4.69, 9.17) is 0 Å². The van der Waals surface area contributed by atoms with E-state index in [1.165, 1.54) is 6.17 Å². The summed E-state index contributed by atoms with van der Waals surface area (Å²) in [7, 11) is -4.00. The Balaban J connectivity index is 1.69. The summed E-state index contributed by atoms with van der Waals surface area (Å²) in [6, 6.07) is -0.189. The first-order valence-corrected chi connectivity index (χ1v) is 13.6. The lowest BCUT2D eigenvalue weighted by Gasteiger charge is -2.37. The number of nitrogens with one attached hydrogen (secondary N) is 1. The fourth-order valence-electron chi connectivity index (χ4n) is 3.16. The minimum absolute atomic E-state index is 0.0410. The number of sulfone groups is 1. The lowest BCUT2D eigenvalue weighted by Crippen LogP contribution is -2.53. The second-order valence-electron chi connectivity index (χ2n) is 7.78. The fraction of sp³-hybridized carbons (Fsp3) is 0.929. The largest absolute Gasteiger partial charge is 0.351 e. The number of amides is 1. The van der Waals surface area contributed by atoms with Crippen molar-refractivity contribution in [1.82, 2.24) is 15.1 Å². The third-order valence-corrected chi connectivity index (χ3v) is 7.29. The van der Waals surface area contributed by atoms with Gasteiger partial charge in [0.2, 0.25) is 5.91 Å². The molecule has 0 spiro atoms. The van der Waals surface area contributed by atoms with E-state index in [1.807, 2.05) is 0 Å². The summed E-state index contributed by atoms with van der Waals surface area (Å²) < 4.78 is 22.8. The summed E-state index contributed by atoms with van der Waals surface area (Å²) in [5.74, 6) is 0.261. The first kappa shape index (κ1) is 17.9. The van der Waals surface area contributed by atoms with Crippen molar-refractivity contribution in [1.29, 1.82) is 0 Å². The molecule has 128 valence electrons. The minimum Gasteiger partial charge on any atom is -0.351 e. The van der Waals surface area contributed by atoms with Crippen LogP contribution in [0, 0.1) is 0 Å². The second kappa shape index (κ2) is 6.98. The number of piperazine rings is 1. The smallest absolute Gasteiger partial charge is 0.234 e. The summed E-state index contributed by atoms with van der Waals surface area (Å²) in [5.41, 5.74) is 0. The van der Waals surface area contributed by atoms with Crippen LogP contribution in [0.3, 0.4) is 0 Å². The molecule has 8 heteroatoms. The minimum atomic E-state index is -2.93. The van der Waals surface area contributed by atoms with Crippen LogP contribution in [0.15, 0.2) is 0 Å². The van der Waals surface area contributed by atoms with Crippen LogP contribution in [0.2, 0.25) is 19.6 Å². The van der Waals surface area contributed by atoms with E-state index in [0.717, 1.165) is 26.2 Å². The molecule has 22 heavy (non-hydrogen) atoms. The van der Waals surface area contributed by atoms with Gasteiger partial charge in [-0.1, -0.05) is 19.6 Å². The third-order valence-electron chi connectivity index (χ3n) is 4.13. The maximum absolute atomic E-state index is 12.0. The van der Waals surface area contributed by atoms with Gasteiger partial charge in [0.05, 0.1) is 26.1 Å². The van der Waals surface area contributed by atoms with Gasteiger partial charge in [-0.05, 0) is 12.6 Å². The van der Waals surface area contributed by atoms with Crippen molar-refractivity contribution in [2.24, 2.45) is 0 Å². The lowest BCUT2D eigenvalue weighted by atomic mass is 10.2. The van der Waals surface area contributed by atoms with Crippen LogP contribution in [0.4, 0.5) is 0 Å². The molecule has 0 unspecified atom stereocenters. The SMILES string of the molecule is C[Si](C)(C)CN1CCN(CC(=O)N[C@@H]2CCS(=O)(=O)C2)CC1. The molecule has 0 aromatic rings. The number of hydrogen-bond acceptors (Lipinski definition) is 5. The Kier molecular flexibility index (Phi) is 5.68. The molecule has 0 bridgehead atoms. The highest BCUT2D eigenvalue weighted by Crippen LogP contribution is 2.11. The Morgan fingerprint density at radius 1 is 1.14 bits per heavy atom. The van der Waals surface area contributed by atoms with Crippen molar-refractivity contribution < 1.29 is 13.2 Å². The van der Waals surface area contributed by atoms with Gasteiger partial charge in [-0.25, -0.2) is 8.42 Å². The van der Waals surface area contributed by atoms with Crippen LogP contribution >= 0.6 is 0 Å². The number of carbonyl (C=O) groups excluding carboxylic acids is 1. The molecule has 0 saturated carbocycles. The molecule has 2 heterocycles. The predicted molar refractivity (Wildman–Crippen MR) is 91.4 cm³/mol. The second-order valence-corrected chi connectivity index (χ2v) is 15.4. The van der Waals surface area contributed by atoms with Gasteiger partial charge in [-0.3, -0.25) is 9.69 Å². The van der Waals surface area contributed by atoms with Gasteiger partial charge in [0, 0.05) is 32.2 Å². The van der Waals surface area contributed by atoms with Crippen molar-refractivity contribution in [2.45, 2.75) is 32.1 Å². The monoisotopic (exact) mass is 347 g/mol. The highest BCUT2D eigenvalue weighted by Gasteiger charge is 2.29. The van der Waals surface area contributed by atoms with Crippen molar-refractivity contribution in [3.63, 3.8) is 0 Å². The molecular formula is C14H29N3O3SSi. The molecule has 2 aliphatic rings. The standard InChI is InChI=1S/C14H29N3O3SSi/c1-22(2,3)12-17-7-5-16(6-8-17)10-14(18)15-13-4-9-21(19,20)11-13/h13H,4-12H2,1-3H3,(H,15,18)/t13-/m1/s1. The first-order valence-electron chi connectivity index (χ1n) is 8.07. The van der Waals surface area contributed by atoms with Crippen LogP contribution < -0.4 is 5.32 Å². The van der Waals surface area contributed by atoms with Crippen molar-refractivity contribution in [2.75, 3.05) is 50.4 Å². The predicted octanol–water partition coefficient (Wildman–Crippen LogP) is -0.215. The average molecular weight is 348 g/mol. The summed E-state index contributed by atoms with van der Waals surface area (Å²) in [6.07, 6.45) is 1.77. The number of hydrogen-bond donors (Lipinski definition) is 1. The zero-order chi connectivity index (χ0) is 16.4. The lowest BCUT2D eigenvalue weighted by molar-refractivity contribution is -0.123. The molecule has 1 amide bonds. The highest BCUT2D eigenvalue weighted by atomic mass is 32.2. The molecule has 0 radical (unpaired) electrons. The summed E-state index contributed by atoms with van der Waals surface area (Å²) in [5, 5.41) is 2.86. The molecule has 2 saturated heterocycles. The summed E-state index contributed by atoms with van der Waals surface area (Å²) >= 11 is 0. The first-order chi connectivity index (χ1) is 10.1. The van der Waals surface area contributed by atoms with Crippen molar-refractivity contribution in [3.05, 3.63) is 0 Å². The maximum atomic E-state index is 12.0. The molecular weight excluding hydrogens is 318 g/mol. The molecule has 2 rings (SSSR count). The Bertz CT molecular complexity index is 496. The number of nitrogens with zero attached hydrogens (tertiary/aromatic N) is 2. The Morgan fingerprint density at radius 3 is 2.23 bits per heavy atom. The van der Waals surface area contributed by atoms with Crippen LogP contribution in [0.5, 0.6) is 0 Å². The normalized spacial score (nSPS) is 27.0. The van der Waals surface area contributed by atoms with E-state index in [2.05, 4.69) is 34.8 Å². The number of rotatable bonds is 5. The van der Waals surface area contributed by atoms with Crippen LogP contribution in [-0.2, 0) is 14.6 Å². The van der Waals surface area contributed by atoms with E-state index in [0.29, 0.717) is 13.0 Å². The average Bonchev–Trinajstić information content (AvgIpc) is 2.69. The molecule has 0 aromatic carbocycles. The number of carbonyl (C=O) groups is 1. The van der Waals surface area contributed by atoms with Gasteiger partial charge < -0.3 is 10.2 Å². The molecule has 2 fully saturated rings. The zero-order valence-corrected chi connectivity index (χ0v) is 15.8. The van der Waals surface area contributed by atoms with Gasteiger partial charge in [0.25, 0.3) is 0 Å².